The van der Waals surface area contributed by atoms with Gasteiger partial charge in [-0.05, 0) is 38.5 Å². The van der Waals surface area contributed by atoms with Crippen molar-refractivity contribution in [1.29, 1.82) is 0 Å². The SMILES string of the molecule is COCOc1cc(OC)c(C(=O)/C=C/c2ccoc2)c(OCOC)c1CC=C(C)C. The van der Waals surface area contributed by atoms with Gasteiger partial charge in [-0.2, -0.15) is 0 Å². The van der Waals surface area contributed by atoms with Crippen LogP contribution in [0.3, 0.4) is 0 Å². The average molecular weight is 416 g/mol. The Balaban J connectivity index is 2.62. The molecule has 0 saturated heterocycles. The second kappa shape index (κ2) is 11.8. The van der Waals surface area contributed by atoms with Crippen LogP contribution in [0.2, 0.25) is 0 Å². The van der Waals surface area contributed by atoms with Crippen LogP contribution in [0.25, 0.3) is 6.08 Å². The predicted molar refractivity (Wildman–Crippen MR) is 113 cm³/mol. The number of methoxy groups -OCH3 is 3. The zero-order chi connectivity index (χ0) is 21.9. The van der Waals surface area contributed by atoms with Gasteiger partial charge in [0.05, 0.1) is 19.6 Å². The molecule has 1 aromatic heterocycles. The molecule has 1 aromatic carbocycles. The van der Waals surface area contributed by atoms with Crippen molar-refractivity contribution in [3.63, 3.8) is 0 Å². The van der Waals surface area contributed by atoms with Crippen molar-refractivity contribution in [1.82, 2.24) is 0 Å². The molecule has 0 amide bonds. The van der Waals surface area contributed by atoms with E-state index in [0.29, 0.717) is 29.2 Å². The summed E-state index contributed by atoms with van der Waals surface area (Å²) >= 11 is 0. The number of benzene rings is 1. The Kier molecular flexibility index (Phi) is 9.18. The van der Waals surface area contributed by atoms with Crippen LogP contribution < -0.4 is 14.2 Å². The molecule has 0 aliphatic rings. The Morgan fingerprint density at radius 3 is 2.40 bits per heavy atom. The summed E-state index contributed by atoms with van der Waals surface area (Å²) in [6.45, 7) is 4.00. The lowest BCUT2D eigenvalue weighted by Crippen LogP contribution is -2.12. The Morgan fingerprint density at radius 2 is 1.80 bits per heavy atom. The number of furan rings is 1. The van der Waals surface area contributed by atoms with Gasteiger partial charge >= 0.3 is 0 Å². The lowest BCUT2D eigenvalue weighted by Gasteiger charge is -2.20. The highest BCUT2D eigenvalue weighted by Crippen LogP contribution is 2.41. The summed E-state index contributed by atoms with van der Waals surface area (Å²) in [5, 5.41) is 0. The van der Waals surface area contributed by atoms with Crippen molar-refractivity contribution in [2.75, 3.05) is 34.9 Å². The topological polar surface area (TPSA) is 76.4 Å². The fraction of sp³-hybridized carbons (Fsp3) is 0.348. The number of ether oxygens (including phenoxy) is 5. The van der Waals surface area contributed by atoms with Crippen LogP contribution in [-0.4, -0.2) is 40.7 Å². The molecule has 30 heavy (non-hydrogen) atoms. The summed E-state index contributed by atoms with van der Waals surface area (Å²) in [6.07, 6.45) is 8.72. The molecule has 0 spiro atoms. The second-order valence-corrected chi connectivity index (χ2v) is 6.60. The first-order valence-electron chi connectivity index (χ1n) is 9.37. The molecular formula is C23H28O7. The number of rotatable bonds is 12. The van der Waals surface area contributed by atoms with Crippen LogP contribution in [-0.2, 0) is 15.9 Å². The largest absolute Gasteiger partial charge is 0.496 e. The number of hydrogen-bond acceptors (Lipinski definition) is 7. The van der Waals surface area contributed by atoms with Gasteiger partial charge in [-0.15, -0.1) is 0 Å². The molecule has 0 radical (unpaired) electrons. The van der Waals surface area contributed by atoms with Crippen LogP contribution in [0.5, 0.6) is 17.2 Å². The number of carbonyl (C=O) groups excluding carboxylic acids is 1. The van der Waals surface area contributed by atoms with Gasteiger partial charge in [0.25, 0.3) is 0 Å². The highest BCUT2D eigenvalue weighted by Gasteiger charge is 2.25. The highest BCUT2D eigenvalue weighted by molar-refractivity contribution is 6.11. The van der Waals surface area contributed by atoms with Crippen molar-refractivity contribution >= 4 is 11.9 Å². The molecular weight excluding hydrogens is 388 g/mol. The second-order valence-electron chi connectivity index (χ2n) is 6.60. The third-order valence-corrected chi connectivity index (χ3v) is 4.11. The highest BCUT2D eigenvalue weighted by atomic mass is 16.7. The monoisotopic (exact) mass is 416 g/mol. The van der Waals surface area contributed by atoms with E-state index in [1.165, 1.54) is 33.7 Å². The summed E-state index contributed by atoms with van der Waals surface area (Å²) in [7, 11) is 4.54. The molecule has 0 atom stereocenters. The number of hydrogen-bond donors (Lipinski definition) is 0. The minimum atomic E-state index is -0.282. The van der Waals surface area contributed by atoms with E-state index in [4.69, 9.17) is 28.1 Å². The maximum atomic E-state index is 13.1. The van der Waals surface area contributed by atoms with Crippen LogP contribution in [0.4, 0.5) is 0 Å². The molecule has 0 N–H and O–H groups in total. The molecule has 162 valence electrons. The van der Waals surface area contributed by atoms with E-state index in [-0.39, 0.29) is 24.9 Å². The van der Waals surface area contributed by atoms with Gasteiger partial charge in [0, 0.05) is 31.4 Å². The Hall–Kier alpha value is -3.03. The van der Waals surface area contributed by atoms with E-state index < -0.39 is 0 Å². The fourth-order valence-electron chi connectivity index (χ4n) is 2.70. The van der Waals surface area contributed by atoms with Gasteiger partial charge < -0.3 is 28.1 Å². The van der Waals surface area contributed by atoms with Gasteiger partial charge in [0.2, 0.25) is 0 Å². The summed E-state index contributed by atoms with van der Waals surface area (Å²) in [4.78, 5) is 13.1. The molecule has 0 saturated carbocycles. The first kappa shape index (κ1) is 23.3. The summed E-state index contributed by atoms with van der Waals surface area (Å²) < 4.78 is 32.3. The molecule has 7 nitrogen and oxygen atoms in total. The van der Waals surface area contributed by atoms with Crippen molar-refractivity contribution in [3.05, 3.63) is 59.1 Å². The molecule has 0 unspecified atom stereocenters. The van der Waals surface area contributed by atoms with Crippen LogP contribution >= 0.6 is 0 Å². The molecule has 0 bridgehead atoms. The molecule has 0 fully saturated rings. The number of carbonyl (C=O) groups is 1. The first-order chi connectivity index (χ1) is 14.5. The van der Waals surface area contributed by atoms with Gasteiger partial charge in [0.15, 0.2) is 19.4 Å². The van der Waals surface area contributed by atoms with E-state index >= 15 is 0 Å². The van der Waals surface area contributed by atoms with E-state index in [9.17, 15) is 4.79 Å². The zero-order valence-corrected chi connectivity index (χ0v) is 18.0. The average Bonchev–Trinajstić information content (AvgIpc) is 3.26. The first-order valence-corrected chi connectivity index (χ1v) is 9.37. The van der Waals surface area contributed by atoms with Gasteiger partial charge in [-0.25, -0.2) is 0 Å². The standard InChI is InChI=1S/C23H28O7/c1-16(2)6-8-18-20(29-14-25-3)12-21(27-5)22(23(18)30-15-26-4)19(24)9-7-17-10-11-28-13-17/h6-7,9-13H,8,14-15H2,1-5H3/b9-7+. The Labute approximate surface area is 176 Å². The maximum Gasteiger partial charge on any atom is 0.193 e. The summed E-state index contributed by atoms with van der Waals surface area (Å²) in [5.41, 5.74) is 2.88. The molecule has 1 heterocycles. The Bertz CT molecular complexity index is 875. The third kappa shape index (κ3) is 6.23. The van der Waals surface area contributed by atoms with Crippen molar-refractivity contribution in [2.45, 2.75) is 20.3 Å². The minimum Gasteiger partial charge on any atom is -0.496 e. The Morgan fingerprint density at radius 1 is 1.07 bits per heavy atom. The van der Waals surface area contributed by atoms with E-state index in [2.05, 4.69) is 0 Å². The van der Waals surface area contributed by atoms with E-state index in [1.54, 1.807) is 24.5 Å². The van der Waals surface area contributed by atoms with Crippen molar-refractivity contribution < 1.29 is 32.9 Å². The van der Waals surface area contributed by atoms with Gasteiger partial charge in [-0.3, -0.25) is 4.79 Å². The zero-order valence-electron chi connectivity index (χ0n) is 18.0. The van der Waals surface area contributed by atoms with Gasteiger partial charge in [-0.1, -0.05) is 11.6 Å². The quantitative estimate of drug-likeness (QED) is 0.216. The predicted octanol–water partition coefficient (Wildman–Crippen LogP) is 4.66. The van der Waals surface area contributed by atoms with Gasteiger partial charge in [0.1, 0.15) is 22.8 Å². The minimum absolute atomic E-state index is 0.0373. The lowest BCUT2D eigenvalue weighted by atomic mass is 9.99. The normalized spacial score (nSPS) is 10.8. The van der Waals surface area contributed by atoms with E-state index in [0.717, 1.165) is 11.1 Å². The summed E-state index contributed by atoms with van der Waals surface area (Å²) in [5.74, 6) is 0.903. The van der Waals surface area contributed by atoms with Crippen molar-refractivity contribution in [2.24, 2.45) is 0 Å². The van der Waals surface area contributed by atoms with E-state index in [1.807, 2.05) is 19.9 Å². The molecule has 2 rings (SSSR count). The lowest BCUT2D eigenvalue weighted by molar-refractivity contribution is 0.0441. The summed E-state index contributed by atoms with van der Waals surface area (Å²) in [6, 6.07) is 3.43. The number of allylic oxidation sites excluding steroid dienone is 3. The van der Waals surface area contributed by atoms with Crippen molar-refractivity contribution in [3.8, 4) is 17.2 Å². The van der Waals surface area contributed by atoms with Crippen LogP contribution in [0.15, 0.2) is 46.8 Å². The smallest absolute Gasteiger partial charge is 0.193 e. The van der Waals surface area contributed by atoms with Crippen LogP contribution in [0, 0.1) is 0 Å². The van der Waals surface area contributed by atoms with Crippen LogP contribution in [0.1, 0.15) is 35.3 Å². The molecule has 0 aliphatic carbocycles. The third-order valence-electron chi connectivity index (χ3n) is 4.11. The fourth-order valence-corrected chi connectivity index (χ4v) is 2.70. The maximum absolute atomic E-state index is 13.1. The molecule has 7 heteroatoms. The number of ketones is 1. The molecule has 2 aromatic rings. The molecule has 0 aliphatic heterocycles.